The summed E-state index contributed by atoms with van der Waals surface area (Å²) in [6.45, 7) is 0.615. The number of benzene rings is 2. The lowest BCUT2D eigenvalue weighted by atomic mass is 10.1. The van der Waals surface area contributed by atoms with Crippen LogP contribution in [0.3, 0.4) is 0 Å². The quantitative estimate of drug-likeness (QED) is 0.685. The number of hydrogen-bond donors (Lipinski definition) is 1. The highest BCUT2D eigenvalue weighted by Crippen LogP contribution is 2.17. The summed E-state index contributed by atoms with van der Waals surface area (Å²) in [4.78, 5) is 16.5. The molecule has 0 bridgehead atoms. The molecule has 0 aliphatic carbocycles. The van der Waals surface area contributed by atoms with Gasteiger partial charge in [-0.25, -0.2) is 4.98 Å². The first-order chi connectivity index (χ1) is 13.7. The third-order valence-corrected chi connectivity index (χ3v) is 4.09. The minimum Gasteiger partial charge on any atom is -0.489 e. The maximum Gasteiger partial charge on any atom is 0.251 e. The van der Waals surface area contributed by atoms with Crippen LogP contribution in [-0.4, -0.2) is 18.0 Å². The zero-order valence-electron chi connectivity index (χ0n) is 15.4. The molecule has 28 heavy (non-hydrogen) atoms. The van der Waals surface area contributed by atoms with Gasteiger partial charge in [-0.15, -0.1) is 0 Å². The van der Waals surface area contributed by atoms with Crippen molar-refractivity contribution in [3.8, 4) is 17.7 Å². The number of pyridine rings is 1. The Labute approximate surface area is 163 Å². The molecule has 0 saturated carbocycles. The maximum absolute atomic E-state index is 12.4. The van der Waals surface area contributed by atoms with Gasteiger partial charge in [0.15, 0.2) is 0 Å². The summed E-state index contributed by atoms with van der Waals surface area (Å²) in [6.07, 6.45) is 1.63. The van der Waals surface area contributed by atoms with Crippen molar-refractivity contribution in [2.45, 2.75) is 13.2 Å². The largest absolute Gasteiger partial charge is 0.489 e. The van der Waals surface area contributed by atoms with Crippen molar-refractivity contribution < 1.29 is 14.3 Å². The summed E-state index contributed by atoms with van der Waals surface area (Å²) in [5, 5.41) is 12.0. The molecular formula is C22H19N3O3. The van der Waals surface area contributed by atoms with Gasteiger partial charge in [0.05, 0.1) is 18.7 Å². The van der Waals surface area contributed by atoms with Gasteiger partial charge in [-0.1, -0.05) is 24.3 Å². The SMILES string of the molecule is COc1cc(CNC(=O)c2cccc(OCc3ccccc3C#N)c2)ccn1. The van der Waals surface area contributed by atoms with Crippen LogP contribution in [0.15, 0.2) is 66.9 Å². The normalized spacial score (nSPS) is 10.0. The van der Waals surface area contributed by atoms with Crippen LogP contribution in [0.25, 0.3) is 0 Å². The Kier molecular flexibility index (Phi) is 6.21. The molecule has 0 saturated heterocycles. The number of aromatic nitrogens is 1. The summed E-state index contributed by atoms with van der Waals surface area (Å²) >= 11 is 0. The topological polar surface area (TPSA) is 84.2 Å². The van der Waals surface area contributed by atoms with E-state index in [-0.39, 0.29) is 12.5 Å². The van der Waals surface area contributed by atoms with Gasteiger partial charge in [0.2, 0.25) is 5.88 Å². The van der Waals surface area contributed by atoms with Crippen LogP contribution in [0.1, 0.15) is 27.0 Å². The van der Waals surface area contributed by atoms with Crippen LogP contribution in [0, 0.1) is 11.3 Å². The van der Waals surface area contributed by atoms with Crippen LogP contribution < -0.4 is 14.8 Å². The third-order valence-electron chi connectivity index (χ3n) is 4.09. The van der Waals surface area contributed by atoms with Gasteiger partial charge in [0.25, 0.3) is 5.91 Å². The molecule has 2 aromatic carbocycles. The number of carbonyl (C=O) groups excluding carboxylic acids is 1. The number of nitriles is 1. The molecule has 0 unspecified atom stereocenters. The standard InChI is InChI=1S/C22H19N3O3/c1-27-21-11-16(9-10-24-21)14-25-22(26)17-7-4-8-20(12-17)28-15-19-6-3-2-5-18(19)13-23/h2-12H,14-15H2,1H3,(H,25,26). The molecule has 1 heterocycles. The zero-order valence-corrected chi connectivity index (χ0v) is 15.4. The lowest BCUT2D eigenvalue weighted by Crippen LogP contribution is -2.22. The monoisotopic (exact) mass is 373 g/mol. The highest BCUT2D eigenvalue weighted by molar-refractivity contribution is 5.94. The molecule has 3 rings (SSSR count). The molecule has 0 radical (unpaired) electrons. The summed E-state index contributed by atoms with van der Waals surface area (Å²) in [5.41, 5.74) is 2.75. The van der Waals surface area contributed by atoms with Crippen molar-refractivity contribution in [3.05, 3.63) is 89.1 Å². The Balaban J connectivity index is 1.62. The molecule has 0 atom stereocenters. The lowest BCUT2D eigenvalue weighted by Gasteiger charge is -2.10. The van der Waals surface area contributed by atoms with Crippen LogP contribution in [0.4, 0.5) is 0 Å². The fraction of sp³-hybridized carbons (Fsp3) is 0.136. The van der Waals surface area contributed by atoms with Gasteiger partial charge in [-0.3, -0.25) is 4.79 Å². The third kappa shape index (κ3) is 4.86. The summed E-state index contributed by atoms with van der Waals surface area (Å²) in [7, 11) is 1.55. The Morgan fingerprint density at radius 1 is 1.14 bits per heavy atom. The average molecular weight is 373 g/mol. The van der Waals surface area contributed by atoms with Crippen molar-refractivity contribution in [3.63, 3.8) is 0 Å². The first kappa shape index (κ1) is 18.9. The molecule has 140 valence electrons. The molecular weight excluding hydrogens is 354 g/mol. The molecule has 0 spiro atoms. The first-order valence-corrected chi connectivity index (χ1v) is 8.67. The minimum absolute atomic E-state index is 0.210. The molecule has 3 aromatic rings. The number of methoxy groups -OCH3 is 1. The number of nitrogens with zero attached hydrogens (tertiary/aromatic N) is 2. The second kappa shape index (κ2) is 9.19. The molecule has 0 fully saturated rings. The number of amides is 1. The van der Waals surface area contributed by atoms with Gasteiger partial charge in [0.1, 0.15) is 12.4 Å². The second-order valence-corrected chi connectivity index (χ2v) is 5.97. The van der Waals surface area contributed by atoms with E-state index in [1.54, 1.807) is 49.7 Å². The Morgan fingerprint density at radius 2 is 2.00 bits per heavy atom. The van der Waals surface area contributed by atoms with E-state index in [9.17, 15) is 4.79 Å². The van der Waals surface area contributed by atoms with Crippen molar-refractivity contribution in [1.82, 2.24) is 10.3 Å². The first-order valence-electron chi connectivity index (χ1n) is 8.67. The maximum atomic E-state index is 12.4. The summed E-state index contributed by atoms with van der Waals surface area (Å²) < 4.78 is 10.8. The van der Waals surface area contributed by atoms with Crippen LogP contribution >= 0.6 is 0 Å². The highest BCUT2D eigenvalue weighted by Gasteiger charge is 2.08. The van der Waals surface area contributed by atoms with E-state index < -0.39 is 0 Å². The molecule has 1 N–H and O–H groups in total. The van der Waals surface area contributed by atoms with E-state index in [1.165, 1.54) is 0 Å². The van der Waals surface area contributed by atoms with Gasteiger partial charge in [-0.05, 0) is 35.9 Å². The minimum atomic E-state index is -0.210. The van der Waals surface area contributed by atoms with Crippen molar-refractivity contribution >= 4 is 5.91 Å². The number of hydrogen-bond acceptors (Lipinski definition) is 5. The Bertz CT molecular complexity index is 1010. The Morgan fingerprint density at radius 3 is 2.82 bits per heavy atom. The highest BCUT2D eigenvalue weighted by atomic mass is 16.5. The molecule has 0 aliphatic rings. The molecule has 1 amide bonds. The van der Waals surface area contributed by atoms with E-state index in [4.69, 9.17) is 14.7 Å². The average Bonchev–Trinajstić information content (AvgIpc) is 2.76. The van der Waals surface area contributed by atoms with Gasteiger partial charge in [0, 0.05) is 29.9 Å². The molecule has 1 aromatic heterocycles. The van der Waals surface area contributed by atoms with E-state index in [0.29, 0.717) is 29.3 Å². The predicted octanol–water partition coefficient (Wildman–Crippen LogP) is 3.47. The van der Waals surface area contributed by atoms with E-state index in [2.05, 4.69) is 16.4 Å². The van der Waals surface area contributed by atoms with Crippen LogP contribution in [0.5, 0.6) is 11.6 Å². The van der Waals surface area contributed by atoms with Crippen molar-refractivity contribution in [1.29, 1.82) is 5.26 Å². The molecule has 6 nitrogen and oxygen atoms in total. The van der Waals surface area contributed by atoms with E-state index >= 15 is 0 Å². The smallest absolute Gasteiger partial charge is 0.251 e. The number of rotatable bonds is 7. The lowest BCUT2D eigenvalue weighted by molar-refractivity contribution is 0.0950. The Hall–Kier alpha value is -3.85. The number of nitrogens with one attached hydrogen (secondary N) is 1. The van der Waals surface area contributed by atoms with Gasteiger partial charge < -0.3 is 14.8 Å². The second-order valence-electron chi connectivity index (χ2n) is 5.97. The van der Waals surface area contributed by atoms with Crippen LogP contribution in [-0.2, 0) is 13.2 Å². The van der Waals surface area contributed by atoms with Crippen molar-refractivity contribution in [2.75, 3.05) is 7.11 Å². The summed E-state index contributed by atoms with van der Waals surface area (Å²) in [5.74, 6) is 0.851. The predicted molar refractivity (Wildman–Crippen MR) is 104 cm³/mol. The van der Waals surface area contributed by atoms with Crippen LogP contribution in [0.2, 0.25) is 0 Å². The zero-order chi connectivity index (χ0) is 19.8. The fourth-order valence-corrected chi connectivity index (χ4v) is 2.60. The van der Waals surface area contributed by atoms with E-state index in [0.717, 1.165) is 11.1 Å². The summed E-state index contributed by atoms with van der Waals surface area (Å²) in [6, 6.07) is 19.9. The molecule has 6 heteroatoms. The van der Waals surface area contributed by atoms with Gasteiger partial charge in [-0.2, -0.15) is 5.26 Å². The number of carbonyl (C=O) groups is 1. The van der Waals surface area contributed by atoms with E-state index in [1.807, 2.05) is 24.3 Å². The molecule has 0 aliphatic heterocycles. The number of ether oxygens (including phenoxy) is 2. The fourth-order valence-electron chi connectivity index (χ4n) is 2.60. The van der Waals surface area contributed by atoms with Crippen molar-refractivity contribution in [2.24, 2.45) is 0 Å². The van der Waals surface area contributed by atoms with Gasteiger partial charge >= 0.3 is 0 Å².